The fourth-order valence-electron chi connectivity index (χ4n) is 1.73. The van der Waals surface area contributed by atoms with Gasteiger partial charge in [-0.1, -0.05) is 6.07 Å². The molecule has 0 aromatic heterocycles. The maximum absolute atomic E-state index is 5.79. The van der Waals surface area contributed by atoms with E-state index in [1.807, 2.05) is 0 Å². The monoisotopic (exact) mass is 287 g/mol. The van der Waals surface area contributed by atoms with Gasteiger partial charge < -0.3 is 4.90 Å². The first-order chi connectivity index (χ1) is 7.20. The van der Waals surface area contributed by atoms with Crippen LogP contribution in [0.5, 0.6) is 0 Å². The van der Waals surface area contributed by atoms with Gasteiger partial charge in [-0.15, -0.1) is 11.6 Å². The summed E-state index contributed by atoms with van der Waals surface area (Å²) in [5.41, 5.74) is 2.42. The number of halogens is 2. The van der Waals surface area contributed by atoms with Crippen molar-refractivity contribution in [2.45, 2.75) is 18.7 Å². The largest absolute Gasteiger partial charge is 0.373 e. The molecular weight excluding hydrogens is 273 g/mol. The van der Waals surface area contributed by atoms with Gasteiger partial charge in [0, 0.05) is 23.9 Å². The molecule has 1 aromatic rings. The van der Waals surface area contributed by atoms with Crippen LogP contribution >= 0.6 is 27.5 Å². The highest BCUT2D eigenvalue weighted by molar-refractivity contribution is 9.10. The molecule has 0 aliphatic heterocycles. The van der Waals surface area contributed by atoms with Gasteiger partial charge in [-0.3, -0.25) is 0 Å². The first kappa shape index (κ1) is 11.3. The predicted octanol–water partition coefficient (Wildman–Crippen LogP) is 4.03. The summed E-state index contributed by atoms with van der Waals surface area (Å²) < 4.78 is 1.14. The topological polar surface area (TPSA) is 3.24 Å². The van der Waals surface area contributed by atoms with E-state index in [0.29, 0.717) is 5.88 Å². The van der Waals surface area contributed by atoms with Crippen LogP contribution in [-0.2, 0) is 5.88 Å². The number of alkyl halides is 1. The van der Waals surface area contributed by atoms with Gasteiger partial charge in [0.2, 0.25) is 0 Å². The number of hydrogen-bond acceptors (Lipinski definition) is 1. The Balaban J connectivity index is 2.11. The fourth-order valence-corrected chi connectivity index (χ4v) is 2.62. The minimum Gasteiger partial charge on any atom is -0.373 e. The summed E-state index contributed by atoms with van der Waals surface area (Å²) in [5, 5.41) is 0. The molecule has 1 saturated carbocycles. The Morgan fingerprint density at radius 3 is 2.73 bits per heavy atom. The van der Waals surface area contributed by atoms with Crippen LogP contribution in [0.4, 0.5) is 5.69 Å². The van der Waals surface area contributed by atoms with Crippen molar-refractivity contribution in [3.8, 4) is 0 Å². The minimum absolute atomic E-state index is 0.575. The second-order valence-electron chi connectivity index (χ2n) is 4.24. The normalized spacial score (nSPS) is 15.4. The predicted molar refractivity (Wildman–Crippen MR) is 69.7 cm³/mol. The first-order valence-corrected chi connectivity index (χ1v) is 6.59. The van der Waals surface area contributed by atoms with Gasteiger partial charge in [0.15, 0.2) is 0 Å². The molecule has 15 heavy (non-hydrogen) atoms. The van der Waals surface area contributed by atoms with E-state index in [2.05, 4.69) is 46.1 Å². The van der Waals surface area contributed by atoms with Crippen LogP contribution in [0.1, 0.15) is 18.4 Å². The summed E-state index contributed by atoms with van der Waals surface area (Å²) in [5.74, 6) is 1.49. The Bertz CT molecular complexity index is 349. The Morgan fingerprint density at radius 2 is 2.20 bits per heavy atom. The maximum Gasteiger partial charge on any atom is 0.0508 e. The lowest BCUT2D eigenvalue weighted by Crippen LogP contribution is -2.20. The number of benzene rings is 1. The first-order valence-electron chi connectivity index (χ1n) is 5.26. The molecule has 0 radical (unpaired) electrons. The summed E-state index contributed by atoms with van der Waals surface area (Å²) in [6, 6.07) is 6.34. The van der Waals surface area contributed by atoms with Crippen molar-refractivity contribution in [2.24, 2.45) is 5.92 Å². The lowest BCUT2D eigenvalue weighted by atomic mass is 10.2. The number of rotatable bonds is 4. The van der Waals surface area contributed by atoms with Crippen molar-refractivity contribution in [1.82, 2.24) is 0 Å². The average Bonchev–Trinajstić information content (AvgIpc) is 3.01. The summed E-state index contributed by atoms with van der Waals surface area (Å²) in [6.07, 6.45) is 2.78. The fraction of sp³-hybridized carbons (Fsp3) is 0.500. The van der Waals surface area contributed by atoms with E-state index < -0.39 is 0 Å². The van der Waals surface area contributed by atoms with Crippen LogP contribution in [0, 0.1) is 5.92 Å². The smallest absolute Gasteiger partial charge is 0.0508 e. The summed E-state index contributed by atoms with van der Waals surface area (Å²) >= 11 is 9.39. The van der Waals surface area contributed by atoms with Crippen LogP contribution in [0.15, 0.2) is 22.7 Å². The maximum atomic E-state index is 5.79. The molecule has 3 heteroatoms. The molecule has 0 amide bonds. The third-order valence-electron chi connectivity index (χ3n) is 2.81. The third kappa shape index (κ3) is 2.88. The third-order valence-corrected chi connectivity index (χ3v) is 3.75. The lowest BCUT2D eigenvalue weighted by Gasteiger charge is -2.20. The van der Waals surface area contributed by atoms with Crippen LogP contribution in [-0.4, -0.2) is 13.6 Å². The summed E-state index contributed by atoms with van der Waals surface area (Å²) in [4.78, 5) is 2.32. The van der Waals surface area contributed by atoms with E-state index in [1.54, 1.807) is 0 Å². The molecule has 0 heterocycles. The second-order valence-corrected chi connectivity index (χ2v) is 5.36. The minimum atomic E-state index is 0.575. The Kier molecular flexibility index (Phi) is 3.57. The molecule has 0 bridgehead atoms. The quantitative estimate of drug-likeness (QED) is 0.756. The van der Waals surface area contributed by atoms with E-state index in [-0.39, 0.29) is 0 Å². The highest BCUT2D eigenvalue weighted by Gasteiger charge is 2.23. The van der Waals surface area contributed by atoms with Crippen molar-refractivity contribution in [3.05, 3.63) is 28.2 Å². The number of hydrogen-bond donors (Lipinski definition) is 0. The Morgan fingerprint density at radius 1 is 1.47 bits per heavy atom. The lowest BCUT2D eigenvalue weighted by molar-refractivity contribution is 0.786. The van der Waals surface area contributed by atoms with Gasteiger partial charge in [-0.2, -0.15) is 0 Å². The molecule has 82 valence electrons. The van der Waals surface area contributed by atoms with Crippen molar-refractivity contribution < 1.29 is 0 Å². The van der Waals surface area contributed by atoms with Gasteiger partial charge >= 0.3 is 0 Å². The molecule has 0 saturated heterocycles. The van der Waals surface area contributed by atoms with Crippen molar-refractivity contribution >= 4 is 33.2 Å². The van der Waals surface area contributed by atoms with Crippen molar-refractivity contribution in [2.75, 3.05) is 18.5 Å². The molecule has 2 rings (SSSR count). The van der Waals surface area contributed by atoms with E-state index in [9.17, 15) is 0 Å². The number of anilines is 1. The molecule has 1 aromatic carbocycles. The zero-order valence-corrected chi connectivity index (χ0v) is 11.2. The molecule has 0 unspecified atom stereocenters. The van der Waals surface area contributed by atoms with E-state index in [4.69, 9.17) is 11.6 Å². The van der Waals surface area contributed by atoms with Gasteiger partial charge in [0.05, 0.1) is 5.69 Å². The molecule has 0 N–H and O–H groups in total. The SMILES string of the molecule is CN(CC1CC1)c1ccc(CCl)cc1Br. The van der Waals surface area contributed by atoms with Crippen LogP contribution in [0.25, 0.3) is 0 Å². The van der Waals surface area contributed by atoms with E-state index in [0.717, 1.165) is 16.0 Å². The van der Waals surface area contributed by atoms with Gasteiger partial charge in [-0.05, 0) is 52.4 Å². The van der Waals surface area contributed by atoms with Gasteiger partial charge in [0.1, 0.15) is 0 Å². The molecule has 0 atom stereocenters. The Hall–Kier alpha value is -0.210. The molecule has 0 spiro atoms. The van der Waals surface area contributed by atoms with Crippen LogP contribution < -0.4 is 4.90 Å². The second kappa shape index (κ2) is 4.75. The van der Waals surface area contributed by atoms with Crippen molar-refractivity contribution in [3.63, 3.8) is 0 Å². The highest BCUT2D eigenvalue weighted by Crippen LogP contribution is 2.33. The Labute approximate surface area is 105 Å². The number of nitrogens with zero attached hydrogens (tertiary/aromatic N) is 1. The van der Waals surface area contributed by atoms with Crippen molar-refractivity contribution in [1.29, 1.82) is 0 Å². The van der Waals surface area contributed by atoms with Crippen LogP contribution in [0.3, 0.4) is 0 Å². The highest BCUT2D eigenvalue weighted by atomic mass is 79.9. The zero-order chi connectivity index (χ0) is 10.8. The average molecular weight is 289 g/mol. The zero-order valence-electron chi connectivity index (χ0n) is 8.84. The van der Waals surface area contributed by atoms with Crippen LogP contribution in [0.2, 0.25) is 0 Å². The standard InChI is InChI=1S/C12H15BrClN/c1-15(8-9-2-3-9)12-5-4-10(7-14)6-11(12)13/h4-6,9H,2-3,7-8H2,1H3. The van der Waals surface area contributed by atoms with Gasteiger partial charge in [-0.25, -0.2) is 0 Å². The summed E-state index contributed by atoms with van der Waals surface area (Å²) in [6.45, 7) is 1.17. The molecule has 1 nitrogen and oxygen atoms in total. The summed E-state index contributed by atoms with van der Waals surface area (Å²) in [7, 11) is 2.15. The molecule has 1 aliphatic rings. The van der Waals surface area contributed by atoms with E-state index in [1.165, 1.54) is 25.1 Å². The molecule has 1 aliphatic carbocycles. The molecule has 1 fully saturated rings. The molecular formula is C12H15BrClN. The van der Waals surface area contributed by atoms with Gasteiger partial charge in [0.25, 0.3) is 0 Å². The van der Waals surface area contributed by atoms with E-state index >= 15 is 0 Å².